The number of carbonyl (C=O) groups is 1. The van der Waals surface area contributed by atoms with Crippen molar-refractivity contribution in [3.8, 4) is 11.5 Å². The number of carbonyl (C=O) groups excluding carboxylic acids is 1. The standard InChI is InChI=1S/C18H21ClN2O4/c1-25-17-6-5-12(8-16(17)23)7-13(11-22)10-20-18(24)21-15-4-2-3-14(19)9-15/h2-6,8-9,13,22-23H,7,10-11H2,1H3,(H2,20,21,24)/t13-/m1/s1. The number of methoxy groups -OCH3 is 1. The molecule has 0 aliphatic rings. The summed E-state index contributed by atoms with van der Waals surface area (Å²) in [5.74, 6) is 0.254. The van der Waals surface area contributed by atoms with Gasteiger partial charge in [0.15, 0.2) is 11.5 Å². The van der Waals surface area contributed by atoms with Crippen LogP contribution in [0.4, 0.5) is 10.5 Å². The van der Waals surface area contributed by atoms with Crippen LogP contribution < -0.4 is 15.4 Å². The second kappa shape index (κ2) is 9.15. The van der Waals surface area contributed by atoms with Crippen LogP contribution in [-0.4, -0.2) is 36.5 Å². The number of aliphatic hydroxyl groups is 1. The average molecular weight is 365 g/mol. The summed E-state index contributed by atoms with van der Waals surface area (Å²) in [6.45, 7) is 0.194. The highest BCUT2D eigenvalue weighted by molar-refractivity contribution is 6.30. The smallest absolute Gasteiger partial charge is 0.319 e. The minimum absolute atomic E-state index is 0.0448. The van der Waals surface area contributed by atoms with Crippen molar-refractivity contribution < 1.29 is 19.7 Å². The monoisotopic (exact) mass is 364 g/mol. The molecule has 2 rings (SSSR count). The number of anilines is 1. The topological polar surface area (TPSA) is 90.8 Å². The highest BCUT2D eigenvalue weighted by Crippen LogP contribution is 2.27. The first-order chi connectivity index (χ1) is 12.0. The Morgan fingerprint density at radius 3 is 2.72 bits per heavy atom. The molecule has 0 fully saturated rings. The largest absolute Gasteiger partial charge is 0.504 e. The molecule has 0 heterocycles. The highest BCUT2D eigenvalue weighted by Gasteiger charge is 2.12. The molecule has 1 atom stereocenters. The lowest BCUT2D eigenvalue weighted by Gasteiger charge is -2.16. The number of urea groups is 1. The number of hydrogen-bond donors (Lipinski definition) is 4. The number of aliphatic hydroxyl groups excluding tert-OH is 1. The van der Waals surface area contributed by atoms with Crippen LogP contribution in [0, 0.1) is 5.92 Å². The second-order valence-corrected chi connectivity index (χ2v) is 6.04. The van der Waals surface area contributed by atoms with E-state index in [0.29, 0.717) is 22.9 Å². The third kappa shape index (κ3) is 5.85. The molecule has 0 aliphatic heterocycles. The number of ether oxygens (including phenoxy) is 1. The minimum atomic E-state index is -0.377. The number of phenols is 1. The molecule has 4 N–H and O–H groups in total. The van der Waals surface area contributed by atoms with Gasteiger partial charge in [-0.15, -0.1) is 0 Å². The zero-order valence-corrected chi connectivity index (χ0v) is 14.6. The van der Waals surface area contributed by atoms with E-state index < -0.39 is 0 Å². The molecular weight excluding hydrogens is 344 g/mol. The van der Waals surface area contributed by atoms with Crippen molar-refractivity contribution in [2.24, 2.45) is 5.92 Å². The molecule has 0 saturated carbocycles. The van der Waals surface area contributed by atoms with Crippen molar-refractivity contribution in [3.05, 3.63) is 53.1 Å². The molecule has 0 saturated heterocycles. The zero-order chi connectivity index (χ0) is 18.2. The van der Waals surface area contributed by atoms with Crippen LogP contribution >= 0.6 is 11.6 Å². The first-order valence-corrected chi connectivity index (χ1v) is 8.16. The summed E-state index contributed by atoms with van der Waals surface area (Å²) >= 11 is 5.87. The SMILES string of the molecule is COc1ccc(C[C@@H](CO)CNC(=O)Nc2cccc(Cl)c2)cc1O. The summed E-state index contributed by atoms with van der Waals surface area (Å²) in [5.41, 5.74) is 1.43. The molecule has 0 aliphatic carbocycles. The third-order valence-corrected chi connectivity index (χ3v) is 3.89. The Labute approximate surface area is 151 Å². The summed E-state index contributed by atoms with van der Waals surface area (Å²) in [6, 6.07) is 11.5. The molecule has 6 nitrogen and oxygen atoms in total. The summed E-state index contributed by atoms with van der Waals surface area (Å²) in [5, 5.41) is 25.3. The molecule has 0 spiro atoms. The van der Waals surface area contributed by atoms with Crippen molar-refractivity contribution in [3.63, 3.8) is 0 Å². The Morgan fingerprint density at radius 2 is 2.08 bits per heavy atom. The van der Waals surface area contributed by atoms with Gasteiger partial charge >= 0.3 is 6.03 Å². The van der Waals surface area contributed by atoms with Gasteiger partial charge in [0.2, 0.25) is 0 Å². The maximum absolute atomic E-state index is 11.9. The van der Waals surface area contributed by atoms with E-state index >= 15 is 0 Å². The van der Waals surface area contributed by atoms with E-state index in [1.54, 1.807) is 36.4 Å². The van der Waals surface area contributed by atoms with Crippen molar-refractivity contribution in [1.82, 2.24) is 5.32 Å². The Balaban J connectivity index is 1.87. The van der Waals surface area contributed by atoms with Gasteiger partial charge in [-0.3, -0.25) is 0 Å². The van der Waals surface area contributed by atoms with E-state index in [0.717, 1.165) is 5.56 Å². The predicted molar refractivity (Wildman–Crippen MR) is 97.4 cm³/mol. The van der Waals surface area contributed by atoms with Gasteiger partial charge in [0.25, 0.3) is 0 Å². The Bertz CT molecular complexity index is 724. The Morgan fingerprint density at radius 1 is 1.28 bits per heavy atom. The Kier molecular flexibility index (Phi) is 6.91. The molecule has 7 heteroatoms. The molecule has 0 bridgehead atoms. The highest BCUT2D eigenvalue weighted by atomic mass is 35.5. The van der Waals surface area contributed by atoms with Crippen LogP contribution in [0.3, 0.4) is 0 Å². The van der Waals surface area contributed by atoms with E-state index in [1.165, 1.54) is 7.11 Å². The van der Waals surface area contributed by atoms with Crippen molar-refractivity contribution >= 4 is 23.3 Å². The van der Waals surface area contributed by atoms with E-state index in [-0.39, 0.29) is 30.9 Å². The lowest BCUT2D eigenvalue weighted by atomic mass is 9.99. The van der Waals surface area contributed by atoms with Crippen LogP contribution in [0.5, 0.6) is 11.5 Å². The fourth-order valence-corrected chi connectivity index (χ4v) is 2.57. The molecule has 0 aromatic heterocycles. The summed E-state index contributed by atoms with van der Waals surface area (Å²) < 4.78 is 5.00. The fourth-order valence-electron chi connectivity index (χ4n) is 2.38. The quantitative estimate of drug-likeness (QED) is 0.607. The lowest BCUT2D eigenvalue weighted by molar-refractivity contribution is 0.218. The first-order valence-electron chi connectivity index (χ1n) is 7.79. The second-order valence-electron chi connectivity index (χ2n) is 5.60. The molecule has 2 aromatic carbocycles. The van der Waals surface area contributed by atoms with Crippen molar-refractivity contribution in [2.45, 2.75) is 6.42 Å². The fraction of sp³-hybridized carbons (Fsp3) is 0.278. The predicted octanol–water partition coefficient (Wildman–Crippen LogP) is 3.03. The number of phenolic OH excluding ortho intramolecular Hbond substituents is 1. The van der Waals surface area contributed by atoms with E-state index in [1.807, 2.05) is 6.07 Å². The molecule has 0 unspecified atom stereocenters. The lowest BCUT2D eigenvalue weighted by Crippen LogP contribution is -2.34. The van der Waals surface area contributed by atoms with Crippen molar-refractivity contribution in [2.75, 3.05) is 25.6 Å². The summed E-state index contributed by atoms with van der Waals surface area (Å²) in [7, 11) is 1.48. The van der Waals surface area contributed by atoms with Gasteiger partial charge in [-0.05, 0) is 42.3 Å². The van der Waals surface area contributed by atoms with Crippen molar-refractivity contribution in [1.29, 1.82) is 0 Å². The third-order valence-electron chi connectivity index (χ3n) is 3.66. The number of aromatic hydroxyl groups is 1. The van der Waals surface area contributed by atoms with Crippen LogP contribution in [0.15, 0.2) is 42.5 Å². The number of nitrogens with one attached hydrogen (secondary N) is 2. The van der Waals surface area contributed by atoms with Crippen LogP contribution in [0.2, 0.25) is 5.02 Å². The van der Waals surface area contributed by atoms with Crippen LogP contribution in [-0.2, 0) is 6.42 Å². The summed E-state index contributed by atoms with van der Waals surface area (Å²) in [4.78, 5) is 11.9. The van der Waals surface area contributed by atoms with E-state index in [9.17, 15) is 15.0 Å². The molecule has 134 valence electrons. The van der Waals surface area contributed by atoms with Crippen LogP contribution in [0.25, 0.3) is 0 Å². The van der Waals surface area contributed by atoms with Gasteiger partial charge in [-0.25, -0.2) is 4.79 Å². The van der Waals surface area contributed by atoms with Gasteiger partial charge < -0.3 is 25.6 Å². The van der Waals surface area contributed by atoms with E-state index in [2.05, 4.69) is 10.6 Å². The van der Waals surface area contributed by atoms with Gasteiger partial charge in [-0.1, -0.05) is 23.7 Å². The summed E-state index contributed by atoms with van der Waals surface area (Å²) in [6.07, 6.45) is 0.505. The molecule has 2 amide bonds. The number of rotatable bonds is 7. The van der Waals surface area contributed by atoms with E-state index in [4.69, 9.17) is 16.3 Å². The molecule has 0 radical (unpaired) electrons. The number of halogens is 1. The number of hydrogen-bond acceptors (Lipinski definition) is 4. The van der Waals surface area contributed by atoms with Crippen LogP contribution in [0.1, 0.15) is 5.56 Å². The van der Waals surface area contributed by atoms with Gasteiger partial charge in [0.1, 0.15) is 0 Å². The molecule has 2 aromatic rings. The maximum Gasteiger partial charge on any atom is 0.319 e. The van der Waals surface area contributed by atoms with Gasteiger partial charge in [-0.2, -0.15) is 0 Å². The maximum atomic E-state index is 11.9. The minimum Gasteiger partial charge on any atom is -0.504 e. The first kappa shape index (κ1) is 18.9. The number of amides is 2. The normalized spacial score (nSPS) is 11.6. The zero-order valence-electron chi connectivity index (χ0n) is 13.8. The molecule has 25 heavy (non-hydrogen) atoms. The van der Waals surface area contributed by atoms with Gasteiger partial charge in [0, 0.05) is 29.8 Å². The number of benzene rings is 2. The molecular formula is C18H21ClN2O4. The Hall–Kier alpha value is -2.44. The van der Waals surface area contributed by atoms with Gasteiger partial charge in [0.05, 0.1) is 7.11 Å². The average Bonchev–Trinajstić information content (AvgIpc) is 2.58.